The second kappa shape index (κ2) is 8.94. The molecule has 0 aromatic heterocycles. The van der Waals surface area contributed by atoms with Crippen LogP contribution >= 0.6 is 0 Å². The molecule has 0 amide bonds. The molecule has 1 aromatic rings. The van der Waals surface area contributed by atoms with Crippen molar-refractivity contribution in [3.8, 4) is 11.8 Å². The van der Waals surface area contributed by atoms with Crippen LogP contribution in [0.4, 0.5) is 0 Å². The lowest BCUT2D eigenvalue weighted by Crippen LogP contribution is -2.18. The molecule has 2 rings (SSSR count). The van der Waals surface area contributed by atoms with Crippen LogP contribution in [-0.4, -0.2) is 18.5 Å². The lowest BCUT2D eigenvalue weighted by atomic mass is 9.90. The molecule has 0 spiro atoms. The van der Waals surface area contributed by atoms with E-state index in [2.05, 4.69) is 0 Å². The number of benzene rings is 1. The zero-order valence-electron chi connectivity index (χ0n) is 13.1. The lowest BCUT2D eigenvalue weighted by molar-refractivity contribution is -0.148. The van der Waals surface area contributed by atoms with Gasteiger partial charge in [-0.2, -0.15) is 5.26 Å². The zero-order chi connectivity index (χ0) is 16.5. The van der Waals surface area contributed by atoms with Crippen LogP contribution in [0.1, 0.15) is 50.5 Å². The second-order valence-corrected chi connectivity index (χ2v) is 5.80. The molecule has 1 saturated carbocycles. The highest BCUT2D eigenvalue weighted by molar-refractivity contribution is 5.79. The van der Waals surface area contributed by atoms with Gasteiger partial charge in [0, 0.05) is 0 Å². The molecule has 0 aliphatic heterocycles. The first-order valence-corrected chi connectivity index (χ1v) is 8.04. The van der Waals surface area contributed by atoms with Gasteiger partial charge in [-0.25, -0.2) is 0 Å². The monoisotopic (exact) mass is 315 g/mol. The van der Waals surface area contributed by atoms with Crippen LogP contribution in [0, 0.1) is 17.2 Å². The molecule has 0 saturated heterocycles. The molecule has 1 aliphatic rings. The molecule has 5 heteroatoms. The van der Waals surface area contributed by atoms with Gasteiger partial charge in [-0.1, -0.05) is 19.3 Å². The summed E-state index contributed by atoms with van der Waals surface area (Å²) in [6, 6.07) is 8.23. The van der Waals surface area contributed by atoms with E-state index in [0.29, 0.717) is 23.8 Å². The first-order chi connectivity index (χ1) is 11.2. The lowest BCUT2D eigenvalue weighted by Gasteiger charge is -2.20. The molecule has 23 heavy (non-hydrogen) atoms. The summed E-state index contributed by atoms with van der Waals surface area (Å²) in [5.41, 5.74) is 0.496. The normalized spacial score (nSPS) is 14.7. The van der Waals surface area contributed by atoms with Crippen molar-refractivity contribution in [2.45, 2.75) is 44.9 Å². The standard InChI is InChI=1S/C18H21NO4/c19-12-14-6-8-16(9-7-14)23-18(21)11-10-17(20)22-13-15-4-2-1-3-5-15/h6-9,15H,1-5,10-11,13H2. The summed E-state index contributed by atoms with van der Waals surface area (Å²) in [4.78, 5) is 23.3. The Morgan fingerprint density at radius 3 is 2.35 bits per heavy atom. The average molecular weight is 315 g/mol. The van der Waals surface area contributed by atoms with E-state index in [1.807, 2.05) is 6.07 Å². The van der Waals surface area contributed by atoms with Gasteiger partial charge >= 0.3 is 11.9 Å². The van der Waals surface area contributed by atoms with E-state index in [0.717, 1.165) is 12.8 Å². The van der Waals surface area contributed by atoms with E-state index in [1.165, 1.54) is 19.3 Å². The predicted molar refractivity (Wildman–Crippen MR) is 83.6 cm³/mol. The third-order valence-electron chi connectivity index (χ3n) is 3.95. The predicted octanol–water partition coefficient (Wildman–Crippen LogP) is 3.37. The Morgan fingerprint density at radius 1 is 1.04 bits per heavy atom. The van der Waals surface area contributed by atoms with Gasteiger partial charge in [-0.15, -0.1) is 0 Å². The van der Waals surface area contributed by atoms with Crippen molar-refractivity contribution in [2.75, 3.05) is 6.61 Å². The Labute approximate surface area is 136 Å². The van der Waals surface area contributed by atoms with Crippen LogP contribution in [-0.2, 0) is 14.3 Å². The van der Waals surface area contributed by atoms with Crippen molar-refractivity contribution in [3.63, 3.8) is 0 Å². The Hall–Kier alpha value is -2.35. The molecule has 0 radical (unpaired) electrons. The van der Waals surface area contributed by atoms with Gasteiger partial charge < -0.3 is 9.47 Å². The third-order valence-corrected chi connectivity index (χ3v) is 3.95. The van der Waals surface area contributed by atoms with Gasteiger partial charge in [0.15, 0.2) is 0 Å². The number of esters is 2. The number of hydrogen-bond donors (Lipinski definition) is 0. The fraction of sp³-hybridized carbons (Fsp3) is 0.500. The minimum Gasteiger partial charge on any atom is -0.465 e. The van der Waals surface area contributed by atoms with Gasteiger partial charge in [0.1, 0.15) is 5.75 Å². The molecule has 1 aromatic carbocycles. The Morgan fingerprint density at radius 2 is 1.70 bits per heavy atom. The smallest absolute Gasteiger partial charge is 0.311 e. The van der Waals surface area contributed by atoms with Gasteiger partial charge in [-0.05, 0) is 43.0 Å². The topological polar surface area (TPSA) is 76.4 Å². The fourth-order valence-corrected chi connectivity index (χ4v) is 2.62. The molecule has 0 unspecified atom stereocenters. The number of nitrogens with zero attached hydrogens (tertiary/aromatic N) is 1. The molecule has 0 bridgehead atoms. The van der Waals surface area contributed by atoms with Gasteiger partial charge in [0.05, 0.1) is 31.1 Å². The molecule has 122 valence electrons. The molecular formula is C18H21NO4. The molecule has 0 atom stereocenters. The van der Waals surface area contributed by atoms with Crippen LogP contribution in [0.5, 0.6) is 5.75 Å². The first kappa shape index (κ1) is 17.0. The summed E-state index contributed by atoms with van der Waals surface area (Å²) in [6.07, 6.45) is 5.94. The molecule has 0 N–H and O–H groups in total. The maximum atomic E-state index is 11.7. The number of hydrogen-bond acceptors (Lipinski definition) is 5. The van der Waals surface area contributed by atoms with Crippen LogP contribution in [0.25, 0.3) is 0 Å². The first-order valence-electron chi connectivity index (χ1n) is 8.04. The van der Waals surface area contributed by atoms with Crippen molar-refractivity contribution in [2.24, 2.45) is 5.92 Å². The number of carbonyl (C=O) groups excluding carboxylic acids is 2. The number of nitriles is 1. The van der Waals surface area contributed by atoms with Crippen LogP contribution in [0.3, 0.4) is 0 Å². The minimum absolute atomic E-state index is 0.0104. The van der Waals surface area contributed by atoms with Crippen molar-refractivity contribution in [1.82, 2.24) is 0 Å². The van der Waals surface area contributed by atoms with Crippen LogP contribution < -0.4 is 4.74 Å². The van der Waals surface area contributed by atoms with Crippen LogP contribution in [0.2, 0.25) is 0 Å². The van der Waals surface area contributed by atoms with Gasteiger partial charge in [-0.3, -0.25) is 9.59 Å². The van der Waals surface area contributed by atoms with E-state index in [-0.39, 0.29) is 18.8 Å². The fourth-order valence-electron chi connectivity index (χ4n) is 2.62. The summed E-state index contributed by atoms with van der Waals surface area (Å²) in [5.74, 6) is -0.000417. The Balaban J connectivity index is 1.64. The highest BCUT2D eigenvalue weighted by atomic mass is 16.5. The maximum Gasteiger partial charge on any atom is 0.311 e. The van der Waals surface area contributed by atoms with Gasteiger partial charge in [0.25, 0.3) is 0 Å². The quantitative estimate of drug-likeness (QED) is 0.594. The highest BCUT2D eigenvalue weighted by Gasteiger charge is 2.16. The third kappa shape index (κ3) is 6.11. The van der Waals surface area contributed by atoms with Crippen LogP contribution in [0.15, 0.2) is 24.3 Å². The van der Waals surface area contributed by atoms with Crippen molar-refractivity contribution in [1.29, 1.82) is 5.26 Å². The van der Waals surface area contributed by atoms with Gasteiger partial charge in [0.2, 0.25) is 0 Å². The number of carbonyl (C=O) groups is 2. The average Bonchev–Trinajstić information content (AvgIpc) is 2.60. The second-order valence-electron chi connectivity index (χ2n) is 5.80. The molecular weight excluding hydrogens is 294 g/mol. The van der Waals surface area contributed by atoms with E-state index in [1.54, 1.807) is 24.3 Å². The Kier molecular flexibility index (Phi) is 6.61. The minimum atomic E-state index is -0.482. The number of ether oxygens (including phenoxy) is 2. The van der Waals surface area contributed by atoms with Crippen molar-refractivity contribution < 1.29 is 19.1 Å². The van der Waals surface area contributed by atoms with E-state index in [4.69, 9.17) is 14.7 Å². The van der Waals surface area contributed by atoms with E-state index in [9.17, 15) is 9.59 Å². The van der Waals surface area contributed by atoms with Crippen molar-refractivity contribution in [3.05, 3.63) is 29.8 Å². The van der Waals surface area contributed by atoms with E-state index < -0.39 is 5.97 Å². The summed E-state index contributed by atoms with van der Waals surface area (Å²) >= 11 is 0. The molecule has 1 fully saturated rings. The summed E-state index contributed by atoms with van der Waals surface area (Å²) < 4.78 is 10.3. The molecule has 1 aliphatic carbocycles. The Bertz CT molecular complexity index is 568. The highest BCUT2D eigenvalue weighted by Crippen LogP contribution is 2.23. The SMILES string of the molecule is N#Cc1ccc(OC(=O)CCC(=O)OCC2CCCCC2)cc1. The molecule has 5 nitrogen and oxygen atoms in total. The van der Waals surface area contributed by atoms with Crippen molar-refractivity contribution >= 4 is 11.9 Å². The maximum absolute atomic E-state index is 11.7. The van der Waals surface area contributed by atoms with E-state index >= 15 is 0 Å². The zero-order valence-corrected chi connectivity index (χ0v) is 13.1. The summed E-state index contributed by atoms with van der Waals surface area (Å²) in [7, 11) is 0. The summed E-state index contributed by atoms with van der Waals surface area (Å²) in [5, 5.41) is 8.69. The largest absolute Gasteiger partial charge is 0.465 e. The number of rotatable bonds is 6. The molecule has 0 heterocycles. The summed E-state index contributed by atoms with van der Waals surface area (Å²) in [6.45, 7) is 0.462.